The lowest BCUT2D eigenvalue weighted by Gasteiger charge is -2.09. The predicted molar refractivity (Wildman–Crippen MR) is 110 cm³/mol. The Balaban J connectivity index is 1.50. The third-order valence-electron chi connectivity index (χ3n) is 4.61. The number of rotatable bonds is 5. The van der Waals surface area contributed by atoms with E-state index in [0.717, 1.165) is 45.1 Å². The summed E-state index contributed by atoms with van der Waals surface area (Å²) in [5.41, 5.74) is 2.01. The van der Waals surface area contributed by atoms with E-state index in [4.69, 9.17) is 19.4 Å². The predicted octanol–water partition coefficient (Wildman–Crippen LogP) is 4.66. The second-order valence-electron chi connectivity index (χ2n) is 6.46. The summed E-state index contributed by atoms with van der Waals surface area (Å²) >= 11 is 1.71. The molecular weight excluding hydrogens is 372 g/mol. The van der Waals surface area contributed by atoms with Gasteiger partial charge in [-0.15, -0.1) is 11.3 Å². The van der Waals surface area contributed by atoms with Crippen LogP contribution in [0.2, 0.25) is 0 Å². The van der Waals surface area contributed by atoms with Gasteiger partial charge in [0.15, 0.2) is 17.3 Å². The van der Waals surface area contributed by atoms with Gasteiger partial charge in [0.05, 0.1) is 5.39 Å². The van der Waals surface area contributed by atoms with Crippen LogP contribution < -0.4 is 14.8 Å². The van der Waals surface area contributed by atoms with E-state index in [0.29, 0.717) is 12.4 Å². The smallest absolute Gasteiger partial charge is 0.231 e. The quantitative estimate of drug-likeness (QED) is 0.535. The number of anilines is 1. The Morgan fingerprint density at radius 3 is 2.89 bits per heavy atom. The topological polar surface area (TPSA) is 69.2 Å². The van der Waals surface area contributed by atoms with Crippen molar-refractivity contribution >= 4 is 27.4 Å². The van der Waals surface area contributed by atoms with Gasteiger partial charge in [-0.2, -0.15) is 0 Å². The number of thiophene rings is 1. The molecule has 7 heteroatoms. The molecule has 0 fully saturated rings. The molecule has 6 nitrogen and oxygen atoms in total. The molecule has 0 spiro atoms. The first-order valence-corrected chi connectivity index (χ1v) is 9.95. The fraction of sp³-hybridized carbons (Fsp3) is 0.190. The molecule has 0 saturated carbocycles. The van der Waals surface area contributed by atoms with E-state index in [9.17, 15) is 0 Å². The van der Waals surface area contributed by atoms with Gasteiger partial charge in [0.25, 0.3) is 0 Å². The normalized spacial score (nSPS) is 12.5. The van der Waals surface area contributed by atoms with Gasteiger partial charge in [-0.3, -0.25) is 4.98 Å². The van der Waals surface area contributed by atoms with E-state index >= 15 is 0 Å². The minimum Gasteiger partial charge on any atom is -0.454 e. The van der Waals surface area contributed by atoms with Gasteiger partial charge in [-0.05, 0) is 42.3 Å². The average Bonchev–Trinajstić information content (AvgIpc) is 3.38. The summed E-state index contributed by atoms with van der Waals surface area (Å²) in [5, 5.41) is 4.53. The van der Waals surface area contributed by atoms with Gasteiger partial charge in [0, 0.05) is 29.4 Å². The molecule has 0 aliphatic carbocycles. The first-order chi connectivity index (χ1) is 13.8. The van der Waals surface area contributed by atoms with Crippen molar-refractivity contribution in [3.63, 3.8) is 0 Å². The molecule has 1 aromatic carbocycles. The van der Waals surface area contributed by atoms with Gasteiger partial charge in [-0.1, -0.05) is 13.0 Å². The zero-order valence-corrected chi connectivity index (χ0v) is 16.1. The maximum atomic E-state index is 5.48. The number of nitrogens with zero attached hydrogens (tertiary/aromatic N) is 3. The van der Waals surface area contributed by atoms with E-state index in [-0.39, 0.29) is 6.79 Å². The number of hydrogen-bond donors (Lipinski definition) is 1. The lowest BCUT2D eigenvalue weighted by atomic mass is 10.2. The molecule has 0 bridgehead atoms. The number of fused-ring (bicyclic) bond motifs is 2. The standard InChI is InChI=1S/C21H18N4O2S/c1-2-15-9-16-20(23-10-13-5-6-17-18(8-13)27-12-26-17)24-19(25-21(16)28-15)14-4-3-7-22-11-14/h3-9,11H,2,10,12H2,1H3,(H,23,24,25). The van der Waals surface area contributed by atoms with Gasteiger partial charge < -0.3 is 14.8 Å². The van der Waals surface area contributed by atoms with Crippen molar-refractivity contribution in [1.82, 2.24) is 15.0 Å². The second kappa shape index (κ2) is 7.09. The molecule has 4 aromatic rings. The Bertz CT molecular complexity index is 1140. The lowest BCUT2D eigenvalue weighted by Crippen LogP contribution is -2.03. The molecule has 1 aliphatic rings. The zero-order chi connectivity index (χ0) is 18.9. The molecule has 4 heterocycles. The minimum absolute atomic E-state index is 0.280. The van der Waals surface area contributed by atoms with Crippen molar-refractivity contribution in [3.05, 3.63) is 59.2 Å². The second-order valence-corrected chi connectivity index (χ2v) is 7.58. The zero-order valence-electron chi connectivity index (χ0n) is 15.3. The van der Waals surface area contributed by atoms with Gasteiger partial charge in [-0.25, -0.2) is 9.97 Å². The fourth-order valence-corrected chi connectivity index (χ4v) is 4.11. The van der Waals surface area contributed by atoms with Crippen molar-refractivity contribution in [2.24, 2.45) is 0 Å². The van der Waals surface area contributed by atoms with E-state index in [1.807, 2.05) is 30.3 Å². The molecule has 0 unspecified atom stereocenters. The van der Waals surface area contributed by atoms with Crippen molar-refractivity contribution in [2.45, 2.75) is 19.9 Å². The summed E-state index contributed by atoms with van der Waals surface area (Å²) in [7, 11) is 0. The van der Waals surface area contributed by atoms with Crippen LogP contribution in [0.4, 0.5) is 5.82 Å². The summed E-state index contributed by atoms with van der Waals surface area (Å²) in [4.78, 5) is 16.0. The first-order valence-electron chi connectivity index (χ1n) is 9.13. The van der Waals surface area contributed by atoms with E-state index in [1.165, 1.54) is 4.88 Å². The number of pyridine rings is 1. The van der Waals surface area contributed by atoms with Crippen LogP contribution in [0.25, 0.3) is 21.6 Å². The monoisotopic (exact) mass is 390 g/mol. The lowest BCUT2D eigenvalue weighted by molar-refractivity contribution is 0.174. The summed E-state index contributed by atoms with van der Waals surface area (Å²) in [6, 6.07) is 12.0. The van der Waals surface area contributed by atoms with Gasteiger partial charge in [0.1, 0.15) is 10.6 Å². The molecule has 3 aromatic heterocycles. The van der Waals surface area contributed by atoms with Crippen LogP contribution >= 0.6 is 11.3 Å². The molecule has 1 aliphatic heterocycles. The van der Waals surface area contributed by atoms with Gasteiger partial charge in [0.2, 0.25) is 6.79 Å². The third kappa shape index (κ3) is 3.14. The third-order valence-corrected chi connectivity index (χ3v) is 5.78. The van der Waals surface area contributed by atoms with Crippen molar-refractivity contribution < 1.29 is 9.47 Å². The summed E-state index contributed by atoms with van der Waals surface area (Å²) in [5.74, 6) is 3.08. The van der Waals surface area contributed by atoms with Gasteiger partial charge >= 0.3 is 0 Å². The highest BCUT2D eigenvalue weighted by Crippen LogP contribution is 2.34. The van der Waals surface area contributed by atoms with Crippen molar-refractivity contribution in [2.75, 3.05) is 12.1 Å². The Hall–Kier alpha value is -3.19. The van der Waals surface area contributed by atoms with Crippen LogP contribution in [0.5, 0.6) is 11.5 Å². The highest BCUT2D eigenvalue weighted by Gasteiger charge is 2.15. The van der Waals surface area contributed by atoms with E-state index < -0.39 is 0 Å². The molecule has 0 atom stereocenters. The highest BCUT2D eigenvalue weighted by atomic mass is 32.1. The van der Waals surface area contributed by atoms with Crippen molar-refractivity contribution in [3.8, 4) is 22.9 Å². The van der Waals surface area contributed by atoms with Crippen LogP contribution in [0, 0.1) is 0 Å². The summed E-state index contributed by atoms with van der Waals surface area (Å²) in [6.45, 7) is 3.06. The highest BCUT2D eigenvalue weighted by molar-refractivity contribution is 7.18. The Labute approximate surface area is 166 Å². The molecule has 0 radical (unpaired) electrons. The average molecular weight is 390 g/mol. The van der Waals surface area contributed by atoms with Crippen LogP contribution in [0.1, 0.15) is 17.4 Å². The summed E-state index contributed by atoms with van der Waals surface area (Å²) in [6.07, 6.45) is 4.52. The van der Waals surface area contributed by atoms with Crippen LogP contribution in [-0.4, -0.2) is 21.7 Å². The number of hydrogen-bond acceptors (Lipinski definition) is 7. The molecule has 1 N–H and O–H groups in total. The minimum atomic E-state index is 0.280. The molecule has 28 heavy (non-hydrogen) atoms. The first kappa shape index (κ1) is 16.9. The largest absolute Gasteiger partial charge is 0.454 e. The number of benzene rings is 1. The van der Waals surface area contributed by atoms with Crippen LogP contribution in [0.3, 0.4) is 0 Å². The van der Waals surface area contributed by atoms with E-state index in [1.54, 1.807) is 23.7 Å². The molecule has 5 rings (SSSR count). The van der Waals surface area contributed by atoms with E-state index in [2.05, 4.69) is 23.3 Å². The molecule has 0 amide bonds. The Kier molecular flexibility index (Phi) is 4.29. The Morgan fingerprint density at radius 1 is 1.11 bits per heavy atom. The molecule has 0 saturated heterocycles. The maximum absolute atomic E-state index is 5.48. The summed E-state index contributed by atoms with van der Waals surface area (Å²) < 4.78 is 10.9. The Morgan fingerprint density at radius 2 is 2.04 bits per heavy atom. The maximum Gasteiger partial charge on any atom is 0.231 e. The molecular formula is C21H18N4O2S. The SMILES string of the molecule is CCc1cc2c(NCc3ccc4c(c3)OCO4)nc(-c3cccnc3)nc2s1. The fourth-order valence-electron chi connectivity index (χ4n) is 3.14. The van der Waals surface area contributed by atoms with Crippen molar-refractivity contribution in [1.29, 1.82) is 0 Å². The van der Waals surface area contributed by atoms with Crippen LogP contribution in [-0.2, 0) is 13.0 Å². The number of nitrogens with one attached hydrogen (secondary N) is 1. The number of aromatic nitrogens is 3. The van der Waals surface area contributed by atoms with Crippen LogP contribution in [0.15, 0.2) is 48.8 Å². The molecule has 140 valence electrons. The number of aryl methyl sites for hydroxylation is 1. The number of ether oxygens (including phenoxy) is 2.